The van der Waals surface area contributed by atoms with Crippen LogP contribution >= 0.6 is 12.2 Å². The monoisotopic (exact) mass is 242 g/mol. The van der Waals surface area contributed by atoms with Crippen LogP contribution in [0.1, 0.15) is 5.69 Å². The zero-order chi connectivity index (χ0) is 12.0. The van der Waals surface area contributed by atoms with Crippen LogP contribution in [-0.2, 0) is 18.3 Å². The number of thiocarbonyl (C=S) groups is 1. The number of aromatic nitrogens is 2. The Balaban J connectivity index is 2.34. The predicted octanol–water partition coefficient (Wildman–Crippen LogP) is 0.373. The van der Waals surface area contributed by atoms with Crippen LogP contribution in [0.2, 0.25) is 0 Å². The first-order chi connectivity index (χ1) is 7.63. The Morgan fingerprint density at radius 1 is 1.69 bits per heavy atom. The fourth-order valence-electron chi connectivity index (χ4n) is 1.26. The Kier molecular flexibility index (Phi) is 5.21. The van der Waals surface area contributed by atoms with E-state index in [0.717, 1.165) is 12.2 Å². The Labute approximate surface area is 101 Å². The van der Waals surface area contributed by atoms with Crippen LogP contribution in [0.25, 0.3) is 0 Å². The van der Waals surface area contributed by atoms with Crippen LogP contribution in [0.3, 0.4) is 0 Å². The molecule has 0 amide bonds. The summed E-state index contributed by atoms with van der Waals surface area (Å²) >= 11 is 5.22. The van der Waals surface area contributed by atoms with Crippen molar-refractivity contribution in [3.05, 3.63) is 18.0 Å². The maximum atomic E-state index is 5.22. The predicted molar refractivity (Wildman–Crippen MR) is 67.2 cm³/mol. The third-order valence-corrected chi connectivity index (χ3v) is 2.55. The second-order valence-corrected chi connectivity index (χ2v) is 3.95. The van der Waals surface area contributed by atoms with E-state index in [1.807, 2.05) is 31.3 Å². The molecule has 0 aliphatic rings. The van der Waals surface area contributed by atoms with Gasteiger partial charge in [-0.25, -0.2) is 0 Å². The first kappa shape index (κ1) is 12.9. The zero-order valence-electron chi connectivity index (χ0n) is 9.93. The van der Waals surface area contributed by atoms with Crippen LogP contribution in [-0.4, -0.2) is 47.1 Å². The molecule has 1 aromatic heterocycles. The molecule has 0 unspecified atom stereocenters. The van der Waals surface area contributed by atoms with Crippen LogP contribution < -0.4 is 5.32 Å². The highest BCUT2D eigenvalue weighted by molar-refractivity contribution is 7.80. The highest BCUT2D eigenvalue weighted by Gasteiger charge is 2.06. The fraction of sp³-hybridized carbons (Fsp3) is 0.600. The normalized spacial score (nSPS) is 10.2. The fourth-order valence-corrected chi connectivity index (χ4v) is 1.42. The molecular formula is C10H18N4OS. The molecule has 0 bridgehead atoms. The number of nitrogens with one attached hydrogen (secondary N) is 1. The average Bonchev–Trinajstić information content (AvgIpc) is 2.64. The quantitative estimate of drug-likeness (QED) is 0.597. The maximum Gasteiger partial charge on any atom is 0.169 e. The third kappa shape index (κ3) is 4.16. The summed E-state index contributed by atoms with van der Waals surface area (Å²) in [7, 11) is 5.51. The van der Waals surface area contributed by atoms with Crippen LogP contribution in [0.5, 0.6) is 0 Å². The van der Waals surface area contributed by atoms with Gasteiger partial charge in [0.15, 0.2) is 5.11 Å². The summed E-state index contributed by atoms with van der Waals surface area (Å²) in [4.78, 5) is 1.95. The van der Waals surface area contributed by atoms with E-state index in [1.54, 1.807) is 11.8 Å². The Bertz CT molecular complexity index is 339. The van der Waals surface area contributed by atoms with Crippen molar-refractivity contribution in [1.82, 2.24) is 20.0 Å². The minimum atomic E-state index is 0.650. The van der Waals surface area contributed by atoms with E-state index in [-0.39, 0.29) is 0 Å². The van der Waals surface area contributed by atoms with Gasteiger partial charge in [0, 0.05) is 33.9 Å². The van der Waals surface area contributed by atoms with E-state index in [4.69, 9.17) is 17.0 Å². The molecule has 0 saturated carbocycles. The SMILES string of the molecule is COCCNC(=S)N(C)Cc1ccn(C)n1. The molecule has 0 aliphatic heterocycles. The molecular weight excluding hydrogens is 224 g/mol. The van der Waals surface area contributed by atoms with E-state index in [0.29, 0.717) is 18.3 Å². The number of methoxy groups -OCH3 is 1. The lowest BCUT2D eigenvalue weighted by molar-refractivity contribution is 0.203. The zero-order valence-corrected chi connectivity index (χ0v) is 10.8. The van der Waals surface area contributed by atoms with Crippen LogP contribution in [0, 0.1) is 0 Å². The molecule has 0 aromatic carbocycles. The lowest BCUT2D eigenvalue weighted by Gasteiger charge is -2.19. The van der Waals surface area contributed by atoms with Crippen molar-refractivity contribution < 1.29 is 4.74 Å². The molecule has 1 rings (SSSR count). The molecule has 1 N–H and O–H groups in total. The second-order valence-electron chi connectivity index (χ2n) is 3.56. The summed E-state index contributed by atoms with van der Waals surface area (Å²) in [5.41, 5.74) is 1.00. The van der Waals surface area contributed by atoms with Crippen molar-refractivity contribution in [2.24, 2.45) is 7.05 Å². The van der Waals surface area contributed by atoms with Gasteiger partial charge in [-0.05, 0) is 18.3 Å². The topological polar surface area (TPSA) is 42.3 Å². The van der Waals surface area contributed by atoms with Crippen molar-refractivity contribution in [3.63, 3.8) is 0 Å². The van der Waals surface area contributed by atoms with Crippen molar-refractivity contribution in [1.29, 1.82) is 0 Å². The first-order valence-electron chi connectivity index (χ1n) is 5.10. The molecule has 0 fully saturated rings. The maximum absolute atomic E-state index is 5.22. The molecule has 0 radical (unpaired) electrons. The van der Waals surface area contributed by atoms with Crippen molar-refractivity contribution >= 4 is 17.3 Å². The highest BCUT2D eigenvalue weighted by atomic mass is 32.1. The number of nitrogens with zero attached hydrogens (tertiary/aromatic N) is 3. The minimum Gasteiger partial charge on any atom is -0.383 e. The second kappa shape index (κ2) is 6.44. The van der Waals surface area contributed by atoms with E-state index in [1.165, 1.54) is 0 Å². The molecule has 6 heteroatoms. The van der Waals surface area contributed by atoms with Crippen molar-refractivity contribution in [2.45, 2.75) is 6.54 Å². The molecule has 90 valence electrons. The van der Waals surface area contributed by atoms with Gasteiger partial charge in [-0.1, -0.05) is 0 Å². The minimum absolute atomic E-state index is 0.650. The lowest BCUT2D eigenvalue weighted by Crippen LogP contribution is -2.38. The van der Waals surface area contributed by atoms with Gasteiger partial charge >= 0.3 is 0 Å². The van der Waals surface area contributed by atoms with Crippen molar-refractivity contribution in [2.75, 3.05) is 27.3 Å². The van der Waals surface area contributed by atoms with E-state index >= 15 is 0 Å². The Morgan fingerprint density at radius 3 is 3.00 bits per heavy atom. The number of aryl methyl sites for hydroxylation is 1. The van der Waals surface area contributed by atoms with Gasteiger partial charge in [-0.3, -0.25) is 4.68 Å². The Morgan fingerprint density at radius 2 is 2.44 bits per heavy atom. The summed E-state index contributed by atoms with van der Waals surface area (Å²) in [6.07, 6.45) is 1.92. The van der Waals surface area contributed by atoms with Gasteiger partial charge < -0.3 is 15.0 Å². The summed E-state index contributed by atoms with van der Waals surface area (Å²) in [5, 5.41) is 8.11. The molecule has 16 heavy (non-hydrogen) atoms. The molecule has 0 atom stereocenters. The number of ether oxygens (including phenoxy) is 1. The third-order valence-electron chi connectivity index (χ3n) is 2.10. The van der Waals surface area contributed by atoms with Gasteiger partial charge in [0.1, 0.15) is 0 Å². The molecule has 0 spiro atoms. The van der Waals surface area contributed by atoms with Gasteiger partial charge in [-0.2, -0.15) is 5.10 Å². The largest absolute Gasteiger partial charge is 0.383 e. The number of rotatable bonds is 5. The molecule has 1 heterocycles. The standard InChI is InChI=1S/C10H18N4OS/c1-13(10(16)11-5-7-15-3)8-9-4-6-14(2)12-9/h4,6H,5,7-8H2,1-3H3,(H,11,16). The van der Waals surface area contributed by atoms with E-state index in [9.17, 15) is 0 Å². The van der Waals surface area contributed by atoms with Gasteiger partial charge in [0.2, 0.25) is 0 Å². The van der Waals surface area contributed by atoms with E-state index in [2.05, 4.69) is 10.4 Å². The van der Waals surface area contributed by atoms with Crippen molar-refractivity contribution in [3.8, 4) is 0 Å². The molecule has 5 nitrogen and oxygen atoms in total. The summed E-state index contributed by atoms with van der Waals surface area (Å²) in [6, 6.07) is 1.98. The number of hydrogen-bond donors (Lipinski definition) is 1. The highest BCUT2D eigenvalue weighted by Crippen LogP contribution is 1.99. The number of hydrogen-bond acceptors (Lipinski definition) is 3. The Hall–Kier alpha value is -1.14. The lowest BCUT2D eigenvalue weighted by atomic mass is 10.4. The summed E-state index contributed by atoms with van der Waals surface area (Å²) < 4.78 is 6.72. The summed E-state index contributed by atoms with van der Waals surface area (Å²) in [5.74, 6) is 0. The molecule has 0 saturated heterocycles. The van der Waals surface area contributed by atoms with Gasteiger partial charge in [0.25, 0.3) is 0 Å². The first-order valence-corrected chi connectivity index (χ1v) is 5.50. The summed E-state index contributed by atoms with van der Waals surface area (Å²) in [6.45, 7) is 2.08. The smallest absolute Gasteiger partial charge is 0.169 e. The van der Waals surface area contributed by atoms with Crippen LogP contribution in [0.15, 0.2) is 12.3 Å². The molecule has 0 aliphatic carbocycles. The van der Waals surface area contributed by atoms with Crippen LogP contribution in [0.4, 0.5) is 0 Å². The van der Waals surface area contributed by atoms with Gasteiger partial charge in [-0.15, -0.1) is 0 Å². The average molecular weight is 242 g/mol. The van der Waals surface area contributed by atoms with Gasteiger partial charge in [0.05, 0.1) is 18.8 Å². The van der Waals surface area contributed by atoms with E-state index < -0.39 is 0 Å². The molecule has 1 aromatic rings.